The fraction of sp³-hybridized carbons (Fsp3) is 0.455. The third-order valence-electron chi connectivity index (χ3n) is 2.18. The molecule has 1 aromatic heterocycles. The SMILES string of the molecule is COC(=O)CN(C(=O)c1ccsc1)C(C)C. The van der Waals surface area contributed by atoms with E-state index in [4.69, 9.17) is 0 Å². The van der Waals surface area contributed by atoms with Crippen LogP contribution in [0.2, 0.25) is 0 Å². The Morgan fingerprint density at radius 3 is 2.62 bits per heavy atom. The highest BCUT2D eigenvalue weighted by molar-refractivity contribution is 7.08. The zero-order valence-electron chi connectivity index (χ0n) is 9.60. The number of rotatable bonds is 4. The molecule has 1 heterocycles. The highest BCUT2D eigenvalue weighted by atomic mass is 32.1. The highest BCUT2D eigenvalue weighted by Crippen LogP contribution is 2.11. The lowest BCUT2D eigenvalue weighted by Gasteiger charge is -2.25. The first-order valence-electron chi connectivity index (χ1n) is 4.96. The molecule has 1 amide bonds. The van der Waals surface area contributed by atoms with E-state index in [9.17, 15) is 9.59 Å². The summed E-state index contributed by atoms with van der Waals surface area (Å²) in [6.07, 6.45) is 0. The van der Waals surface area contributed by atoms with Gasteiger partial charge in [0.1, 0.15) is 6.54 Å². The molecule has 0 aliphatic carbocycles. The third kappa shape index (κ3) is 3.06. The van der Waals surface area contributed by atoms with Gasteiger partial charge >= 0.3 is 5.97 Å². The Morgan fingerprint density at radius 1 is 1.50 bits per heavy atom. The molecule has 0 saturated heterocycles. The Kier molecular flexibility index (Phi) is 4.49. The van der Waals surface area contributed by atoms with Crippen molar-refractivity contribution in [3.63, 3.8) is 0 Å². The first-order valence-corrected chi connectivity index (χ1v) is 5.90. The van der Waals surface area contributed by atoms with Gasteiger partial charge in [0.25, 0.3) is 5.91 Å². The second-order valence-electron chi connectivity index (χ2n) is 3.61. The van der Waals surface area contributed by atoms with E-state index >= 15 is 0 Å². The maximum atomic E-state index is 12.0. The van der Waals surface area contributed by atoms with Crippen molar-refractivity contribution >= 4 is 23.2 Å². The topological polar surface area (TPSA) is 46.6 Å². The number of esters is 1. The van der Waals surface area contributed by atoms with Gasteiger partial charge in [-0.05, 0) is 25.3 Å². The monoisotopic (exact) mass is 241 g/mol. The average Bonchev–Trinajstić information content (AvgIpc) is 2.77. The molecule has 0 atom stereocenters. The van der Waals surface area contributed by atoms with Crippen LogP contribution in [0, 0.1) is 0 Å². The maximum Gasteiger partial charge on any atom is 0.325 e. The van der Waals surface area contributed by atoms with E-state index < -0.39 is 5.97 Å². The van der Waals surface area contributed by atoms with Crippen LogP contribution in [-0.4, -0.2) is 36.5 Å². The van der Waals surface area contributed by atoms with Gasteiger partial charge in [-0.15, -0.1) is 0 Å². The summed E-state index contributed by atoms with van der Waals surface area (Å²) in [7, 11) is 1.32. The quantitative estimate of drug-likeness (QED) is 0.755. The van der Waals surface area contributed by atoms with E-state index in [0.717, 1.165) is 0 Å². The van der Waals surface area contributed by atoms with Crippen molar-refractivity contribution in [2.45, 2.75) is 19.9 Å². The van der Waals surface area contributed by atoms with Crippen LogP contribution in [0.5, 0.6) is 0 Å². The van der Waals surface area contributed by atoms with Crippen LogP contribution in [0.3, 0.4) is 0 Å². The summed E-state index contributed by atoms with van der Waals surface area (Å²) in [4.78, 5) is 24.7. The summed E-state index contributed by atoms with van der Waals surface area (Å²) >= 11 is 1.46. The van der Waals surface area contributed by atoms with Crippen molar-refractivity contribution in [2.75, 3.05) is 13.7 Å². The largest absolute Gasteiger partial charge is 0.468 e. The molecule has 0 saturated carbocycles. The number of hydrogen-bond donors (Lipinski definition) is 0. The Balaban J connectivity index is 2.78. The number of carbonyl (C=O) groups is 2. The summed E-state index contributed by atoms with van der Waals surface area (Å²) in [6, 6.07) is 1.71. The van der Waals surface area contributed by atoms with Crippen molar-refractivity contribution in [2.24, 2.45) is 0 Å². The van der Waals surface area contributed by atoms with Gasteiger partial charge in [-0.1, -0.05) is 0 Å². The summed E-state index contributed by atoms with van der Waals surface area (Å²) < 4.78 is 4.57. The van der Waals surface area contributed by atoms with Crippen LogP contribution in [-0.2, 0) is 9.53 Å². The van der Waals surface area contributed by atoms with E-state index in [1.807, 2.05) is 19.2 Å². The second-order valence-corrected chi connectivity index (χ2v) is 4.39. The van der Waals surface area contributed by atoms with Gasteiger partial charge in [0.15, 0.2) is 0 Å². The zero-order chi connectivity index (χ0) is 12.1. The molecule has 5 heteroatoms. The standard InChI is InChI=1S/C11H15NO3S/c1-8(2)12(6-10(13)15-3)11(14)9-4-5-16-7-9/h4-5,7-8H,6H2,1-3H3. The smallest absolute Gasteiger partial charge is 0.325 e. The fourth-order valence-corrected chi connectivity index (χ4v) is 1.87. The zero-order valence-corrected chi connectivity index (χ0v) is 10.4. The number of hydrogen-bond acceptors (Lipinski definition) is 4. The Morgan fingerprint density at radius 2 is 2.19 bits per heavy atom. The molecule has 0 N–H and O–H groups in total. The predicted molar refractivity (Wildman–Crippen MR) is 62.5 cm³/mol. The van der Waals surface area contributed by atoms with Crippen LogP contribution in [0.4, 0.5) is 0 Å². The molecule has 0 aliphatic rings. The van der Waals surface area contributed by atoms with Gasteiger partial charge in [-0.3, -0.25) is 9.59 Å². The fourth-order valence-electron chi connectivity index (χ4n) is 1.24. The van der Waals surface area contributed by atoms with E-state index in [0.29, 0.717) is 5.56 Å². The van der Waals surface area contributed by atoms with E-state index in [2.05, 4.69) is 4.74 Å². The minimum absolute atomic E-state index is 0.0111. The average molecular weight is 241 g/mol. The van der Waals surface area contributed by atoms with Gasteiger partial charge in [0.05, 0.1) is 12.7 Å². The minimum Gasteiger partial charge on any atom is -0.468 e. The van der Waals surface area contributed by atoms with Gasteiger partial charge in [0, 0.05) is 11.4 Å². The molecule has 0 fully saturated rings. The number of thiophene rings is 1. The molecule has 0 unspecified atom stereocenters. The summed E-state index contributed by atoms with van der Waals surface area (Å²) in [5.41, 5.74) is 0.614. The van der Waals surface area contributed by atoms with Crippen LogP contribution >= 0.6 is 11.3 Å². The molecule has 0 spiro atoms. The molecule has 1 rings (SSSR count). The summed E-state index contributed by atoms with van der Waals surface area (Å²) in [6.45, 7) is 3.73. The lowest BCUT2D eigenvalue weighted by Crippen LogP contribution is -2.40. The highest BCUT2D eigenvalue weighted by Gasteiger charge is 2.21. The molecule has 0 bridgehead atoms. The van der Waals surface area contributed by atoms with E-state index in [1.54, 1.807) is 11.4 Å². The number of ether oxygens (including phenoxy) is 1. The van der Waals surface area contributed by atoms with Crippen LogP contribution in [0.15, 0.2) is 16.8 Å². The number of nitrogens with zero attached hydrogens (tertiary/aromatic N) is 1. The lowest BCUT2D eigenvalue weighted by molar-refractivity contribution is -0.141. The summed E-state index contributed by atoms with van der Waals surface area (Å²) in [5, 5.41) is 3.61. The predicted octanol–water partition coefficient (Wildman–Crippen LogP) is 1.77. The second kappa shape index (κ2) is 5.65. The third-order valence-corrected chi connectivity index (χ3v) is 2.86. The molecule has 4 nitrogen and oxygen atoms in total. The first-order chi connectivity index (χ1) is 7.56. The van der Waals surface area contributed by atoms with Crippen molar-refractivity contribution in [1.82, 2.24) is 4.90 Å². The van der Waals surface area contributed by atoms with E-state index in [1.165, 1.54) is 23.3 Å². The number of carbonyl (C=O) groups excluding carboxylic acids is 2. The molecule has 16 heavy (non-hydrogen) atoms. The molecular formula is C11H15NO3S. The lowest BCUT2D eigenvalue weighted by atomic mass is 10.2. The molecule has 0 aromatic carbocycles. The van der Waals surface area contributed by atoms with Crippen LogP contribution < -0.4 is 0 Å². The normalized spacial score (nSPS) is 10.2. The molecule has 0 aliphatic heterocycles. The van der Waals surface area contributed by atoms with E-state index in [-0.39, 0.29) is 18.5 Å². The van der Waals surface area contributed by atoms with Crippen molar-refractivity contribution in [3.05, 3.63) is 22.4 Å². The molecule has 1 aromatic rings. The molecular weight excluding hydrogens is 226 g/mol. The van der Waals surface area contributed by atoms with Crippen molar-refractivity contribution in [1.29, 1.82) is 0 Å². The molecule has 88 valence electrons. The molecule has 0 radical (unpaired) electrons. The van der Waals surface area contributed by atoms with Crippen molar-refractivity contribution in [3.8, 4) is 0 Å². The van der Waals surface area contributed by atoms with Gasteiger partial charge in [-0.2, -0.15) is 11.3 Å². The first kappa shape index (κ1) is 12.7. The number of methoxy groups -OCH3 is 1. The van der Waals surface area contributed by atoms with Crippen molar-refractivity contribution < 1.29 is 14.3 Å². The van der Waals surface area contributed by atoms with Gasteiger partial charge in [0.2, 0.25) is 0 Å². The minimum atomic E-state index is -0.405. The Bertz CT molecular complexity index is 359. The van der Waals surface area contributed by atoms with Gasteiger partial charge in [-0.25, -0.2) is 0 Å². The Labute approximate surface area is 98.8 Å². The van der Waals surface area contributed by atoms with Crippen LogP contribution in [0.25, 0.3) is 0 Å². The maximum absolute atomic E-state index is 12.0. The van der Waals surface area contributed by atoms with Crippen LogP contribution in [0.1, 0.15) is 24.2 Å². The van der Waals surface area contributed by atoms with Gasteiger partial charge < -0.3 is 9.64 Å². The number of amides is 1. The Hall–Kier alpha value is -1.36. The summed E-state index contributed by atoms with van der Waals surface area (Å²) in [5.74, 6) is -0.543.